The van der Waals surface area contributed by atoms with Crippen LogP contribution in [0.4, 0.5) is 0 Å². The van der Waals surface area contributed by atoms with Crippen LogP contribution in [0.5, 0.6) is 0 Å². The maximum Gasteiger partial charge on any atom is 0.328 e. The van der Waals surface area contributed by atoms with E-state index in [4.69, 9.17) is 0 Å². The van der Waals surface area contributed by atoms with E-state index >= 15 is 0 Å². The van der Waals surface area contributed by atoms with Crippen LogP contribution in [0.2, 0.25) is 0 Å². The van der Waals surface area contributed by atoms with Gasteiger partial charge in [-0.1, -0.05) is 30.3 Å². The molecule has 1 atom stereocenters. The van der Waals surface area contributed by atoms with Crippen molar-refractivity contribution < 1.29 is 4.79 Å². The average molecular weight is 353 g/mol. The van der Waals surface area contributed by atoms with Gasteiger partial charge in [0, 0.05) is 44.2 Å². The molecule has 0 saturated carbocycles. The molecule has 0 aliphatic carbocycles. The third-order valence-electron chi connectivity index (χ3n) is 3.97. The lowest BCUT2D eigenvalue weighted by atomic mass is 10.1. The molecule has 3 rings (SSSR count). The van der Waals surface area contributed by atoms with E-state index in [1.54, 1.807) is 12.5 Å². The molecule has 0 unspecified atom stereocenters. The number of benzene rings is 1. The van der Waals surface area contributed by atoms with E-state index in [9.17, 15) is 14.4 Å². The van der Waals surface area contributed by atoms with Crippen LogP contribution in [0.1, 0.15) is 18.0 Å². The van der Waals surface area contributed by atoms with Crippen LogP contribution in [-0.2, 0) is 17.9 Å². The van der Waals surface area contributed by atoms with Crippen molar-refractivity contribution in [1.29, 1.82) is 0 Å². The molecule has 0 bridgehead atoms. The summed E-state index contributed by atoms with van der Waals surface area (Å²) < 4.78 is 3.19. The fourth-order valence-electron chi connectivity index (χ4n) is 2.63. The quantitative estimate of drug-likeness (QED) is 0.652. The first-order chi connectivity index (χ1) is 12.6. The number of H-pyrrole nitrogens is 1. The average Bonchev–Trinajstić information content (AvgIpc) is 3.14. The summed E-state index contributed by atoms with van der Waals surface area (Å²) in [5.41, 5.74) is -0.000687. The smallest absolute Gasteiger partial charge is 0.328 e. The molecule has 1 amide bonds. The normalized spacial score (nSPS) is 11.8. The number of hydrogen-bond donors (Lipinski definition) is 2. The predicted octanol–water partition coefficient (Wildman–Crippen LogP) is 0.681. The minimum Gasteiger partial charge on any atom is -0.347 e. The maximum atomic E-state index is 12.4. The number of nitrogens with zero attached hydrogens (tertiary/aromatic N) is 3. The Hall–Kier alpha value is -3.42. The molecule has 0 fully saturated rings. The largest absolute Gasteiger partial charge is 0.347 e. The SMILES string of the molecule is O=C(CCn1ccc(=O)[nH]c1=O)N[C@H](Cn1ccnc1)c1ccccc1. The lowest BCUT2D eigenvalue weighted by Crippen LogP contribution is -2.34. The third-order valence-corrected chi connectivity index (χ3v) is 3.97. The number of rotatable bonds is 7. The summed E-state index contributed by atoms with van der Waals surface area (Å²) >= 11 is 0. The van der Waals surface area contributed by atoms with E-state index < -0.39 is 11.2 Å². The fourth-order valence-corrected chi connectivity index (χ4v) is 2.63. The standard InChI is InChI=1S/C18H19N5O3/c24-16(6-9-23-10-7-17(25)21-18(23)26)20-15(12-22-11-8-19-13-22)14-4-2-1-3-5-14/h1-5,7-8,10-11,13,15H,6,9,12H2,(H,20,24)(H,21,25,26)/t15-/m1/s1. The van der Waals surface area contributed by atoms with Gasteiger partial charge in [-0.2, -0.15) is 0 Å². The number of aromatic amines is 1. The molecule has 26 heavy (non-hydrogen) atoms. The van der Waals surface area contributed by atoms with Crippen molar-refractivity contribution in [1.82, 2.24) is 24.4 Å². The molecule has 2 heterocycles. The second-order valence-corrected chi connectivity index (χ2v) is 5.84. The van der Waals surface area contributed by atoms with Crippen molar-refractivity contribution in [3.63, 3.8) is 0 Å². The second-order valence-electron chi connectivity index (χ2n) is 5.84. The highest BCUT2D eigenvalue weighted by Crippen LogP contribution is 2.15. The molecule has 0 spiro atoms. The summed E-state index contributed by atoms with van der Waals surface area (Å²) in [6.45, 7) is 0.738. The molecule has 2 aromatic heterocycles. The van der Waals surface area contributed by atoms with Crippen LogP contribution in [0.25, 0.3) is 0 Å². The van der Waals surface area contributed by atoms with Gasteiger partial charge in [-0.3, -0.25) is 14.6 Å². The van der Waals surface area contributed by atoms with Gasteiger partial charge in [0.05, 0.1) is 12.4 Å². The van der Waals surface area contributed by atoms with Crippen molar-refractivity contribution in [2.45, 2.75) is 25.6 Å². The molecule has 1 aromatic carbocycles. The van der Waals surface area contributed by atoms with Crippen LogP contribution >= 0.6 is 0 Å². The zero-order valence-electron chi connectivity index (χ0n) is 14.0. The monoisotopic (exact) mass is 353 g/mol. The van der Waals surface area contributed by atoms with Crippen molar-refractivity contribution in [2.75, 3.05) is 0 Å². The number of amides is 1. The summed E-state index contributed by atoms with van der Waals surface area (Å²) in [5, 5.41) is 3.00. The number of carbonyl (C=O) groups is 1. The minimum absolute atomic E-state index is 0.124. The first-order valence-corrected chi connectivity index (χ1v) is 8.21. The van der Waals surface area contributed by atoms with E-state index in [0.29, 0.717) is 6.54 Å². The summed E-state index contributed by atoms with van der Waals surface area (Å²) in [6, 6.07) is 10.7. The van der Waals surface area contributed by atoms with Gasteiger partial charge in [-0.05, 0) is 5.56 Å². The fraction of sp³-hybridized carbons (Fsp3) is 0.222. The zero-order valence-corrected chi connectivity index (χ0v) is 14.0. The van der Waals surface area contributed by atoms with E-state index in [1.165, 1.54) is 16.8 Å². The van der Waals surface area contributed by atoms with Gasteiger partial charge < -0.3 is 14.5 Å². The van der Waals surface area contributed by atoms with E-state index in [0.717, 1.165) is 5.56 Å². The van der Waals surface area contributed by atoms with E-state index in [1.807, 2.05) is 41.1 Å². The molecular weight excluding hydrogens is 334 g/mol. The van der Waals surface area contributed by atoms with Crippen LogP contribution in [-0.4, -0.2) is 25.0 Å². The van der Waals surface area contributed by atoms with Gasteiger partial charge in [0.25, 0.3) is 5.56 Å². The van der Waals surface area contributed by atoms with Crippen molar-refractivity contribution in [3.05, 3.63) is 87.7 Å². The Bertz CT molecular complexity index is 960. The first-order valence-electron chi connectivity index (χ1n) is 8.21. The van der Waals surface area contributed by atoms with Gasteiger partial charge in [0.1, 0.15) is 0 Å². The van der Waals surface area contributed by atoms with Crippen molar-refractivity contribution in [3.8, 4) is 0 Å². The van der Waals surface area contributed by atoms with Gasteiger partial charge in [-0.15, -0.1) is 0 Å². The Labute approximate surface area is 149 Å². The highest BCUT2D eigenvalue weighted by atomic mass is 16.2. The molecule has 0 aliphatic rings. The minimum atomic E-state index is -0.525. The topological polar surface area (TPSA) is 102 Å². The Morgan fingerprint density at radius 2 is 1.96 bits per heavy atom. The van der Waals surface area contributed by atoms with Crippen LogP contribution in [0, 0.1) is 0 Å². The number of nitrogens with one attached hydrogen (secondary N) is 2. The van der Waals surface area contributed by atoms with Gasteiger partial charge in [0.15, 0.2) is 0 Å². The van der Waals surface area contributed by atoms with Gasteiger partial charge in [0.2, 0.25) is 5.91 Å². The van der Waals surface area contributed by atoms with Gasteiger partial charge in [-0.25, -0.2) is 9.78 Å². The Kier molecular flexibility index (Phi) is 5.43. The summed E-state index contributed by atoms with van der Waals surface area (Å²) in [5.74, 6) is -0.183. The summed E-state index contributed by atoms with van der Waals surface area (Å²) in [4.78, 5) is 41.3. The number of imidazole rings is 1. The molecule has 8 nitrogen and oxygen atoms in total. The zero-order chi connectivity index (χ0) is 18.4. The number of aryl methyl sites for hydroxylation is 1. The lowest BCUT2D eigenvalue weighted by molar-refractivity contribution is -0.122. The third kappa shape index (κ3) is 4.56. The Morgan fingerprint density at radius 1 is 1.15 bits per heavy atom. The molecular formula is C18H19N5O3. The Balaban J connectivity index is 1.66. The number of carbonyl (C=O) groups excluding carboxylic acids is 1. The predicted molar refractivity (Wildman–Crippen MR) is 95.5 cm³/mol. The first kappa shape index (κ1) is 17.4. The molecule has 134 valence electrons. The van der Waals surface area contributed by atoms with Crippen LogP contribution in [0.3, 0.4) is 0 Å². The lowest BCUT2D eigenvalue weighted by Gasteiger charge is -2.20. The molecule has 8 heteroatoms. The van der Waals surface area contributed by atoms with Crippen LogP contribution < -0.4 is 16.6 Å². The van der Waals surface area contributed by atoms with E-state index in [2.05, 4.69) is 15.3 Å². The maximum absolute atomic E-state index is 12.4. The number of hydrogen-bond acceptors (Lipinski definition) is 4. The molecule has 3 aromatic rings. The summed E-state index contributed by atoms with van der Waals surface area (Å²) in [6.07, 6.45) is 6.73. The molecule has 0 radical (unpaired) electrons. The highest BCUT2D eigenvalue weighted by Gasteiger charge is 2.15. The molecule has 0 aliphatic heterocycles. The number of aromatic nitrogens is 4. The van der Waals surface area contributed by atoms with Gasteiger partial charge >= 0.3 is 5.69 Å². The van der Waals surface area contributed by atoms with Crippen molar-refractivity contribution >= 4 is 5.91 Å². The molecule has 0 saturated heterocycles. The van der Waals surface area contributed by atoms with E-state index in [-0.39, 0.29) is 24.9 Å². The summed E-state index contributed by atoms with van der Waals surface area (Å²) in [7, 11) is 0. The molecule has 2 N–H and O–H groups in total. The second kappa shape index (κ2) is 8.11. The Morgan fingerprint density at radius 3 is 2.65 bits per heavy atom. The van der Waals surface area contributed by atoms with Crippen LogP contribution in [0.15, 0.2) is 70.9 Å². The highest BCUT2D eigenvalue weighted by molar-refractivity contribution is 5.76. The van der Waals surface area contributed by atoms with Crippen molar-refractivity contribution in [2.24, 2.45) is 0 Å².